The summed E-state index contributed by atoms with van der Waals surface area (Å²) in [6.45, 7) is 2.25. The highest BCUT2D eigenvalue weighted by atomic mass is 32.2. The molecule has 2 fully saturated rings. The van der Waals surface area contributed by atoms with Gasteiger partial charge >= 0.3 is 12.1 Å². The summed E-state index contributed by atoms with van der Waals surface area (Å²) in [6.07, 6.45) is -5.90. The SMILES string of the molecule is CCC(=O)N[C@H]1C[C@@H](n2cnc3c(N[C@@H](CO)[C@@H](O)c4ccc(SC)cc4)nc(N4CC[C@@H](N(C)C)C4)nc32)[C@H](OC(=O)C(F)(F)F)[C@@H]1O. The van der Waals surface area contributed by atoms with Crippen LogP contribution in [0.25, 0.3) is 11.2 Å². The fourth-order valence-corrected chi connectivity index (χ4v) is 6.63. The molecule has 5 N–H and O–H groups in total. The monoisotopic (exact) mass is 710 g/mol. The van der Waals surface area contributed by atoms with Crippen LogP contribution in [0.1, 0.15) is 43.9 Å². The van der Waals surface area contributed by atoms with Crippen molar-refractivity contribution in [2.24, 2.45) is 0 Å². The number of carbonyl (C=O) groups is 2. The van der Waals surface area contributed by atoms with Crippen molar-refractivity contribution in [1.29, 1.82) is 0 Å². The van der Waals surface area contributed by atoms with E-state index in [0.29, 0.717) is 18.7 Å². The van der Waals surface area contributed by atoms with E-state index in [1.54, 1.807) is 30.8 Å². The normalized spacial score (nSPS) is 24.0. The largest absolute Gasteiger partial charge is 0.490 e. The van der Waals surface area contributed by atoms with Gasteiger partial charge < -0.3 is 45.1 Å². The van der Waals surface area contributed by atoms with E-state index in [1.165, 1.54) is 10.9 Å². The Morgan fingerprint density at radius 1 is 1.20 bits per heavy atom. The molecule has 268 valence electrons. The number of alkyl halides is 3. The molecule has 18 heteroatoms. The molecule has 0 radical (unpaired) electrons. The van der Waals surface area contributed by atoms with E-state index in [0.717, 1.165) is 11.3 Å². The fraction of sp³-hybridized carbons (Fsp3) is 0.581. The van der Waals surface area contributed by atoms with Crippen molar-refractivity contribution in [3.8, 4) is 0 Å². The molecule has 3 aromatic rings. The molecule has 1 aromatic carbocycles. The van der Waals surface area contributed by atoms with Gasteiger partial charge in [-0.15, -0.1) is 11.8 Å². The number of likely N-dealkylation sites (N-methyl/N-ethyl adjacent to an activating group) is 1. The first-order valence-corrected chi connectivity index (χ1v) is 17.1. The summed E-state index contributed by atoms with van der Waals surface area (Å²) in [5, 5.41) is 38.4. The number of carbonyl (C=O) groups excluding carboxylic acids is 2. The van der Waals surface area contributed by atoms with E-state index < -0.39 is 61.1 Å². The summed E-state index contributed by atoms with van der Waals surface area (Å²) in [4.78, 5) is 43.2. The number of esters is 1. The lowest BCUT2D eigenvalue weighted by Gasteiger charge is -2.26. The van der Waals surface area contributed by atoms with Crippen LogP contribution in [0.4, 0.5) is 24.9 Å². The summed E-state index contributed by atoms with van der Waals surface area (Å²) >= 11 is 1.54. The van der Waals surface area contributed by atoms with Crippen LogP contribution in [-0.2, 0) is 14.3 Å². The number of aromatic nitrogens is 4. The van der Waals surface area contributed by atoms with Crippen molar-refractivity contribution in [3.05, 3.63) is 36.2 Å². The first-order valence-electron chi connectivity index (χ1n) is 15.9. The van der Waals surface area contributed by atoms with E-state index in [4.69, 9.17) is 14.7 Å². The summed E-state index contributed by atoms with van der Waals surface area (Å²) in [7, 11) is 3.92. The highest BCUT2D eigenvalue weighted by Gasteiger charge is 2.51. The average Bonchev–Trinajstić information content (AvgIpc) is 3.81. The Kier molecular flexibility index (Phi) is 11.2. The molecule has 1 aliphatic carbocycles. The lowest BCUT2D eigenvalue weighted by atomic mass is 10.0. The Bertz CT molecular complexity index is 1630. The van der Waals surface area contributed by atoms with Gasteiger partial charge in [0.15, 0.2) is 23.1 Å². The minimum absolute atomic E-state index is 0.0594. The van der Waals surface area contributed by atoms with Gasteiger partial charge in [-0.2, -0.15) is 23.1 Å². The van der Waals surface area contributed by atoms with Crippen LogP contribution in [0.2, 0.25) is 0 Å². The van der Waals surface area contributed by atoms with Gasteiger partial charge in [0, 0.05) is 30.4 Å². The highest BCUT2D eigenvalue weighted by molar-refractivity contribution is 7.98. The predicted octanol–water partition coefficient (Wildman–Crippen LogP) is 1.87. The maximum absolute atomic E-state index is 13.3. The van der Waals surface area contributed by atoms with Gasteiger partial charge in [-0.05, 0) is 50.9 Å². The van der Waals surface area contributed by atoms with E-state index in [9.17, 15) is 38.1 Å². The van der Waals surface area contributed by atoms with Gasteiger partial charge in [0.2, 0.25) is 11.9 Å². The predicted molar refractivity (Wildman–Crippen MR) is 175 cm³/mol. The minimum atomic E-state index is -5.33. The molecule has 1 saturated heterocycles. The van der Waals surface area contributed by atoms with Gasteiger partial charge in [-0.3, -0.25) is 4.79 Å². The molecule has 0 spiro atoms. The Morgan fingerprint density at radius 3 is 2.51 bits per heavy atom. The second-order valence-corrected chi connectivity index (χ2v) is 13.3. The van der Waals surface area contributed by atoms with Gasteiger partial charge in [0.1, 0.15) is 12.2 Å². The fourth-order valence-electron chi connectivity index (χ4n) is 6.22. The molecular formula is C31H41F3N8O6S. The average molecular weight is 711 g/mol. The van der Waals surface area contributed by atoms with Crippen LogP contribution in [0, 0.1) is 0 Å². The number of anilines is 2. The number of halogens is 3. The van der Waals surface area contributed by atoms with Crippen molar-refractivity contribution >= 4 is 46.6 Å². The van der Waals surface area contributed by atoms with Gasteiger partial charge in [-0.25, -0.2) is 9.78 Å². The molecule has 5 rings (SSSR count). The summed E-state index contributed by atoms with van der Waals surface area (Å²) in [6, 6.07) is 4.29. The third-order valence-electron chi connectivity index (χ3n) is 9.07. The number of ether oxygens (including phenoxy) is 1. The Hall–Kier alpha value is -3.71. The van der Waals surface area contributed by atoms with Crippen molar-refractivity contribution in [2.75, 3.05) is 50.3 Å². The van der Waals surface area contributed by atoms with Crippen molar-refractivity contribution in [1.82, 2.24) is 29.7 Å². The number of aliphatic hydroxyl groups is 3. The molecular weight excluding hydrogens is 669 g/mol. The van der Waals surface area contributed by atoms with E-state index in [-0.39, 0.29) is 41.8 Å². The third kappa shape index (κ3) is 7.88. The number of nitrogens with zero attached hydrogens (tertiary/aromatic N) is 6. The molecule has 0 unspecified atom stereocenters. The first-order chi connectivity index (χ1) is 23.2. The third-order valence-corrected chi connectivity index (χ3v) is 9.81. The number of fused-ring (bicyclic) bond motifs is 1. The van der Waals surface area contributed by atoms with Gasteiger partial charge in [0.25, 0.3) is 0 Å². The number of rotatable bonds is 12. The first kappa shape index (κ1) is 36.6. The zero-order valence-electron chi connectivity index (χ0n) is 27.5. The van der Waals surface area contributed by atoms with Crippen molar-refractivity contribution < 1.29 is 42.8 Å². The van der Waals surface area contributed by atoms with Crippen LogP contribution in [0.3, 0.4) is 0 Å². The smallest absolute Gasteiger partial charge is 0.451 e. The molecule has 49 heavy (non-hydrogen) atoms. The maximum atomic E-state index is 13.3. The molecule has 3 heterocycles. The van der Waals surface area contributed by atoms with Gasteiger partial charge in [0.05, 0.1) is 31.1 Å². The lowest BCUT2D eigenvalue weighted by Crippen LogP contribution is -2.45. The van der Waals surface area contributed by atoms with Crippen molar-refractivity contribution in [3.63, 3.8) is 0 Å². The molecule has 1 aliphatic heterocycles. The quantitative estimate of drug-likeness (QED) is 0.136. The molecule has 0 bridgehead atoms. The zero-order chi connectivity index (χ0) is 35.6. The summed E-state index contributed by atoms with van der Waals surface area (Å²) in [5.41, 5.74) is 0.846. The number of imidazole rings is 1. The number of aliphatic hydroxyl groups excluding tert-OH is 3. The van der Waals surface area contributed by atoms with Crippen LogP contribution < -0.4 is 15.5 Å². The highest BCUT2D eigenvalue weighted by Crippen LogP contribution is 2.38. The second kappa shape index (κ2) is 15.0. The molecule has 14 nitrogen and oxygen atoms in total. The number of amides is 1. The zero-order valence-corrected chi connectivity index (χ0v) is 28.3. The number of benzene rings is 1. The second-order valence-electron chi connectivity index (χ2n) is 12.4. The molecule has 1 saturated carbocycles. The van der Waals surface area contributed by atoms with Crippen LogP contribution in [-0.4, -0.2) is 128 Å². The van der Waals surface area contributed by atoms with E-state index in [2.05, 4.69) is 20.5 Å². The Labute approximate surface area is 285 Å². The summed E-state index contributed by atoms with van der Waals surface area (Å²) < 4.78 is 46.3. The molecule has 1 amide bonds. The van der Waals surface area contributed by atoms with Gasteiger partial charge in [-0.1, -0.05) is 19.1 Å². The van der Waals surface area contributed by atoms with E-state index >= 15 is 0 Å². The minimum Gasteiger partial charge on any atom is -0.451 e. The number of hydrogen-bond acceptors (Lipinski definition) is 13. The Balaban J connectivity index is 1.57. The molecule has 2 aliphatic rings. The topological polar surface area (TPSA) is 178 Å². The number of hydrogen-bond donors (Lipinski definition) is 5. The molecule has 2 aromatic heterocycles. The summed E-state index contributed by atoms with van der Waals surface area (Å²) in [5.74, 6) is -2.53. The van der Waals surface area contributed by atoms with Crippen LogP contribution in [0.5, 0.6) is 0 Å². The number of thioether (sulfide) groups is 1. The standard InChI is InChI=1S/C31H41F3N8O6S/c1-5-22(44)36-19-12-21(26(25(19)46)48-29(47)31(32,33)34)42-15-35-23-27(37-20(14-43)24(45)16-6-8-18(49-4)9-7-16)38-30(39-28(23)42)41-11-10-17(13-41)40(2)3/h6-9,15,17,19-21,24-26,43,45-46H,5,10-14H2,1-4H3,(H,36,44)(H,37,38,39)/t17-,19+,20+,21-,24+,25-,26+/m1/s1. The lowest BCUT2D eigenvalue weighted by molar-refractivity contribution is -0.209. The number of nitrogens with one attached hydrogen (secondary N) is 2. The Morgan fingerprint density at radius 2 is 1.92 bits per heavy atom. The van der Waals surface area contributed by atoms with E-state index in [1.807, 2.05) is 37.4 Å². The van der Waals surface area contributed by atoms with Crippen LogP contribution >= 0.6 is 11.8 Å². The molecule has 7 atom stereocenters. The van der Waals surface area contributed by atoms with Crippen molar-refractivity contribution in [2.45, 2.75) is 79.7 Å². The van der Waals surface area contributed by atoms with Crippen LogP contribution in [0.15, 0.2) is 35.5 Å². The maximum Gasteiger partial charge on any atom is 0.490 e.